The topological polar surface area (TPSA) is 71.5 Å². The van der Waals surface area contributed by atoms with Gasteiger partial charge in [-0.15, -0.1) is 11.3 Å². The normalized spacial score (nSPS) is 19.8. The fourth-order valence-corrected chi connectivity index (χ4v) is 3.81. The Morgan fingerprint density at radius 1 is 1.23 bits per heavy atom. The van der Waals surface area contributed by atoms with E-state index in [4.69, 9.17) is 4.74 Å². The van der Waals surface area contributed by atoms with E-state index in [1.165, 1.54) is 11.3 Å². The second kappa shape index (κ2) is 8.31. The summed E-state index contributed by atoms with van der Waals surface area (Å²) in [6.45, 7) is 4.19. The van der Waals surface area contributed by atoms with Crippen molar-refractivity contribution in [1.29, 1.82) is 0 Å². The molecule has 1 aromatic carbocycles. The van der Waals surface area contributed by atoms with Crippen molar-refractivity contribution in [3.8, 4) is 5.75 Å². The van der Waals surface area contributed by atoms with Crippen molar-refractivity contribution in [2.24, 2.45) is 0 Å². The van der Waals surface area contributed by atoms with E-state index in [0.29, 0.717) is 16.4 Å². The molecule has 0 unspecified atom stereocenters. The summed E-state index contributed by atoms with van der Waals surface area (Å²) >= 11 is 1.36. The molecule has 2 atom stereocenters. The van der Waals surface area contributed by atoms with Crippen LogP contribution in [0.1, 0.15) is 43.5 Å². The lowest BCUT2D eigenvalue weighted by molar-refractivity contribution is -0.139. The zero-order valence-corrected chi connectivity index (χ0v) is 15.8. The zero-order valence-electron chi connectivity index (χ0n) is 15.0. The van der Waals surface area contributed by atoms with Crippen LogP contribution in [0.4, 0.5) is 5.13 Å². The summed E-state index contributed by atoms with van der Waals surface area (Å²) in [4.78, 5) is 30.6. The second-order valence-corrected chi connectivity index (χ2v) is 7.43. The molecule has 0 spiro atoms. The molecule has 3 rings (SSSR count). The summed E-state index contributed by atoms with van der Waals surface area (Å²) in [5.74, 6) is 0.357. The third-order valence-corrected chi connectivity index (χ3v) is 5.30. The van der Waals surface area contributed by atoms with Gasteiger partial charge in [0.25, 0.3) is 11.8 Å². The van der Waals surface area contributed by atoms with Crippen molar-refractivity contribution in [3.63, 3.8) is 0 Å². The van der Waals surface area contributed by atoms with Gasteiger partial charge < -0.3 is 9.64 Å². The van der Waals surface area contributed by atoms with E-state index in [-0.39, 0.29) is 30.5 Å². The minimum absolute atomic E-state index is 0.00953. The Morgan fingerprint density at radius 3 is 2.54 bits per heavy atom. The van der Waals surface area contributed by atoms with E-state index in [1.54, 1.807) is 35.8 Å². The molecule has 2 amide bonds. The molecule has 138 valence electrons. The maximum absolute atomic E-state index is 12.5. The lowest BCUT2D eigenvalue weighted by Crippen LogP contribution is -2.49. The molecule has 0 saturated carbocycles. The number of carbonyl (C=O) groups excluding carboxylic acids is 2. The maximum atomic E-state index is 12.5. The van der Waals surface area contributed by atoms with Crippen LogP contribution >= 0.6 is 11.3 Å². The van der Waals surface area contributed by atoms with Crippen molar-refractivity contribution in [3.05, 3.63) is 41.4 Å². The van der Waals surface area contributed by atoms with Gasteiger partial charge in [0, 0.05) is 29.2 Å². The third kappa shape index (κ3) is 4.40. The predicted octanol–water partition coefficient (Wildman–Crippen LogP) is 3.56. The van der Waals surface area contributed by atoms with Crippen LogP contribution in [0.15, 0.2) is 35.8 Å². The fraction of sp³-hybridized carbons (Fsp3) is 0.421. The summed E-state index contributed by atoms with van der Waals surface area (Å²) in [6.07, 6.45) is 4.88. The first-order valence-corrected chi connectivity index (χ1v) is 9.67. The van der Waals surface area contributed by atoms with Gasteiger partial charge in [0.1, 0.15) is 5.75 Å². The Morgan fingerprint density at radius 2 is 1.92 bits per heavy atom. The molecule has 1 aromatic heterocycles. The monoisotopic (exact) mass is 373 g/mol. The molecule has 1 aliphatic heterocycles. The Labute approximate surface area is 157 Å². The highest BCUT2D eigenvalue weighted by Gasteiger charge is 2.28. The molecule has 0 radical (unpaired) electrons. The van der Waals surface area contributed by atoms with Gasteiger partial charge in [-0.25, -0.2) is 4.98 Å². The second-order valence-electron chi connectivity index (χ2n) is 6.53. The number of carbonyl (C=O) groups is 2. The summed E-state index contributed by atoms with van der Waals surface area (Å²) in [5, 5.41) is 5.09. The average molecular weight is 373 g/mol. The molecule has 0 bridgehead atoms. The minimum atomic E-state index is -0.224. The number of rotatable bonds is 5. The number of ether oxygens (including phenoxy) is 1. The van der Waals surface area contributed by atoms with Crippen LogP contribution in [0.3, 0.4) is 0 Å². The Bertz CT molecular complexity index is 736. The van der Waals surface area contributed by atoms with E-state index in [9.17, 15) is 9.59 Å². The van der Waals surface area contributed by atoms with Gasteiger partial charge in [-0.1, -0.05) is 0 Å². The quantitative estimate of drug-likeness (QED) is 0.870. The van der Waals surface area contributed by atoms with Gasteiger partial charge in [0.05, 0.1) is 0 Å². The number of hydrogen-bond acceptors (Lipinski definition) is 5. The fourth-order valence-electron chi connectivity index (χ4n) is 3.29. The van der Waals surface area contributed by atoms with E-state index < -0.39 is 0 Å². The van der Waals surface area contributed by atoms with Crippen molar-refractivity contribution in [2.75, 3.05) is 11.9 Å². The number of likely N-dealkylation sites (tertiary alicyclic amines) is 1. The SMILES string of the molecule is C[C@H]1CCC[C@H](C)N1C(=O)COc1ccc(C(=O)Nc2nccs2)cc1. The molecule has 7 heteroatoms. The van der Waals surface area contributed by atoms with Crippen molar-refractivity contribution in [1.82, 2.24) is 9.88 Å². The molecule has 1 saturated heterocycles. The minimum Gasteiger partial charge on any atom is -0.484 e. The number of amides is 2. The predicted molar refractivity (Wildman–Crippen MR) is 102 cm³/mol. The maximum Gasteiger partial charge on any atom is 0.260 e. The number of piperidine rings is 1. The number of hydrogen-bond donors (Lipinski definition) is 1. The number of thiazole rings is 1. The zero-order chi connectivity index (χ0) is 18.5. The van der Waals surface area contributed by atoms with E-state index in [2.05, 4.69) is 24.1 Å². The summed E-state index contributed by atoms with van der Waals surface area (Å²) in [5.41, 5.74) is 0.511. The molecule has 26 heavy (non-hydrogen) atoms. The average Bonchev–Trinajstić information content (AvgIpc) is 3.13. The van der Waals surface area contributed by atoms with E-state index >= 15 is 0 Å². The van der Waals surface area contributed by atoms with Gasteiger partial charge in [-0.05, 0) is 57.4 Å². The number of nitrogens with one attached hydrogen (secondary N) is 1. The van der Waals surface area contributed by atoms with Crippen molar-refractivity contribution in [2.45, 2.75) is 45.2 Å². The summed E-state index contributed by atoms with van der Waals surface area (Å²) in [6, 6.07) is 7.27. The molecule has 1 aliphatic rings. The van der Waals surface area contributed by atoms with Crippen LogP contribution in [0.5, 0.6) is 5.75 Å². The van der Waals surface area contributed by atoms with Crippen LogP contribution in [-0.2, 0) is 4.79 Å². The third-order valence-electron chi connectivity index (χ3n) is 4.61. The summed E-state index contributed by atoms with van der Waals surface area (Å²) < 4.78 is 5.63. The highest BCUT2D eigenvalue weighted by molar-refractivity contribution is 7.13. The summed E-state index contributed by atoms with van der Waals surface area (Å²) in [7, 11) is 0. The molecule has 1 fully saturated rings. The van der Waals surface area contributed by atoms with Gasteiger partial charge in [-0.2, -0.15) is 0 Å². The standard InChI is InChI=1S/C19H23N3O3S/c1-13-4-3-5-14(2)22(13)17(23)12-25-16-8-6-15(7-9-16)18(24)21-19-20-10-11-26-19/h6-11,13-14H,3-5,12H2,1-2H3,(H,20,21,24)/t13-,14-/m0/s1. The smallest absolute Gasteiger partial charge is 0.260 e. The molecule has 2 aromatic rings. The molecular formula is C19H23N3O3S. The van der Waals surface area contributed by atoms with Gasteiger partial charge >= 0.3 is 0 Å². The number of nitrogens with zero attached hydrogens (tertiary/aromatic N) is 2. The first-order valence-electron chi connectivity index (χ1n) is 8.79. The van der Waals surface area contributed by atoms with E-state index in [1.807, 2.05) is 4.90 Å². The van der Waals surface area contributed by atoms with Crippen molar-refractivity contribution < 1.29 is 14.3 Å². The molecular weight excluding hydrogens is 350 g/mol. The van der Waals surface area contributed by atoms with Gasteiger partial charge in [0.2, 0.25) is 0 Å². The van der Waals surface area contributed by atoms with Gasteiger partial charge in [-0.3, -0.25) is 14.9 Å². The number of benzene rings is 1. The van der Waals surface area contributed by atoms with E-state index in [0.717, 1.165) is 19.3 Å². The first-order chi connectivity index (χ1) is 12.5. The van der Waals surface area contributed by atoms with Crippen LogP contribution in [-0.4, -0.2) is 40.4 Å². The highest BCUT2D eigenvalue weighted by atomic mass is 32.1. The Hall–Kier alpha value is -2.41. The molecule has 6 nitrogen and oxygen atoms in total. The van der Waals surface area contributed by atoms with Crippen LogP contribution in [0.2, 0.25) is 0 Å². The van der Waals surface area contributed by atoms with Crippen LogP contribution in [0.25, 0.3) is 0 Å². The van der Waals surface area contributed by atoms with Crippen LogP contribution < -0.4 is 10.1 Å². The molecule has 2 heterocycles. The molecule has 0 aliphatic carbocycles. The lowest BCUT2D eigenvalue weighted by atomic mass is 9.97. The largest absolute Gasteiger partial charge is 0.484 e. The van der Waals surface area contributed by atoms with Gasteiger partial charge in [0.15, 0.2) is 11.7 Å². The lowest BCUT2D eigenvalue weighted by Gasteiger charge is -2.38. The Balaban J connectivity index is 1.54. The molecule has 1 N–H and O–H groups in total. The number of anilines is 1. The van der Waals surface area contributed by atoms with Crippen molar-refractivity contribution >= 4 is 28.3 Å². The van der Waals surface area contributed by atoms with Crippen LogP contribution in [0, 0.1) is 0 Å². The Kier molecular flexibility index (Phi) is 5.88. The first kappa shape index (κ1) is 18.4. The highest BCUT2D eigenvalue weighted by Crippen LogP contribution is 2.23. The number of aromatic nitrogens is 1.